The summed E-state index contributed by atoms with van der Waals surface area (Å²) in [6.45, 7) is 2.95. The highest BCUT2D eigenvalue weighted by Gasteiger charge is 2.51. The van der Waals surface area contributed by atoms with E-state index in [1.165, 1.54) is 0 Å². The number of hydrogen-bond donors (Lipinski definition) is 6. The second-order valence-electron chi connectivity index (χ2n) is 14.8. The number of aliphatic hydroxyl groups is 5. The van der Waals surface area contributed by atoms with Crippen LogP contribution in [0.4, 0.5) is 0 Å². The maximum Gasteiger partial charge on any atom is 0.472 e. The molecule has 0 aromatic carbocycles. The molecule has 0 bridgehead atoms. The molecule has 1 aliphatic rings. The third kappa shape index (κ3) is 30.1. The second kappa shape index (κ2) is 37.6. The van der Waals surface area contributed by atoms with Crippen molar-refractivity contribution in [3.8, 4) is 0 Å². The molecule has 0 aliphatic heterocycles. The molecular weight excluding hydrogens is 827 g/mol. The van der Waals surface area contributed by atoms with E-state index in [1.807, 2.05) is 24.3 Å². The van der Waals surface area contributed by atoms with Crippen LogP contribution >= 0.6 is 7.82 Å². The fourth-order valence-corrected chi connectivity index (χ4v) is 6.74. The number of phosphoric acid groups is 1. The predicted molar refractivity (Wildman–Crippen MR) is 248 cm³/mol. The molecule has 63 heavy (non-hydrogen) atoms. The van der Waals surface area contributed by atoms with Gasteiger partial charge in [-0.3, -0.25) is 18.6 Å². The van der Waals surface area contributed by atoms with Gasteiger partial charge in [0.15, 0.2) is 6.10 Å². The van der Waals surface area contributed by atoms with Gasteiger partial charge in [0.2, 0.25) is 0 Å². The normalized spacial score (nSPS) is 22.9. The van der Waals surface area contributed by atoms with Crippen LogP contribution in [-0.4, -0.2) is 98.3 Å². The Labute approximate surface area is 375 Å². The van der Waals surface area contributed by atoms with Gasteiger partial charge in [-0.05, 0) is 89.9 Å². The summed E-state index contributed by atoms with van der Waals surface area (Å²) in [6, 6.07) is 0. The minimum Gasteiger partial charge on any atom is -0.462 e. The molecule has 6 N–H and O–H groups in total. The lowest BCUT2D eigenvalue weighted by molar-refractivity contribution is -0.220. The van der Waals surface area contributed by atoms with Gasteiger partial charge in [-0.2, -0.15) is 0 Å². The maximum absolute atomic E-state index is 12.8. The van der Waals surface area contributed by atoms with Crippen molar-refractivity contribution >= 4 is 19.8 Å². The lowest BCUT2D eigenvalue weighted by Gasteiger charge is -2.41. The number of aliphatic hydroxyl groups excluding tert-OH is 5. The molecule has 0 heterocycles. The molecule has 354 valence electrons. The van der Waals surface area contributed by atoms with E-state index in [9.17, 15) is 44.6 Å². The first-order valence-corrected chi connectivity index (χ1v) is 23.8. The minimum absolute atomic E-state index is 0.00213. The molecule has 6 atom stereocenters. The molecule has 0 aromatic rings. The fraction of sp³-hybridized carbons (Fsp3) is 0.551. The van der Waals surface area contributed by atoms with Crippen molar-refractivity contribution < 1.29 is 63.1 Å². The van der Waals surface area contributed by atoms with Gasteiger partial charge in [-0.25, -0.2) is 4.57 Å². The van der Waals surface area contributed by atoms with E-state index in [4.69, 9.17) is 18.5 Å². The van der Waals surface area contributed by atoms with Crippen LogP contribution in [0.3, 0.4) is 0 Å². The molecule has 0 spiro atoms. The Bertz CT molecular complexity index is 1560. The van der Waals surface area contributed by atoms with Crippen LogP contribution < -0.4 is 0 Å². The smallest absolute Gasteiger partial charge is 0.462 e. The first-order valence-electron chi connectivity index (χ1n) is 22.3. The van der Waals surface area contributed by atoms with Crippen molar-refractivity contribution in [1.29, 1.82) is 0 Å². The largest absolute Gasteiger partial charge is 0.472 e. The third-order valence-electron chi connectivity index (χ3n) is 9.30. The van der Waals surface area contributed by atoms with E-state index < -0.39 is 75.7 Å². The van der Waals surface area contributed by atoms with Gasteiger partial charge >= 0.3 is 19.8 Å². The van der Waals surface area contributed by atoms with Crippen LogP contribution in [0.25, 0.3) is 0 Å². The molecule has 13 nitrogen and oxygen atoms in total. The van der Waals surface area contributed by atoms with Gasteiger partial charge in [0.05, 0.1) is 6.61 Å². The lowest BCUT2D eigenvalue weighted by Crippen LogP contribution is -2.64. The van der Waals surface area contributed by atoms with Crippen molar-refractivity contribution in [2.24, 2.45) is 0 Å². The zero-order chi connectivity index (χ0) is 46.4. The van der Waals surface area contributed by atoms with Gasteiger partial charge in [0.25, 0.3) is 0 Å². The Balaban J connectivity index is 2.58. The first kappa shape index (κ1) is 57.3. The maximum atomic E-state index is 12.8. The second-order valence-corrected chi connectivity index (χ2v) is 16.2. The van der Waals surface area contributed by atoms with Crippen LogP contribution in [0.5, 0.6) is 0 Å². The average Bonchev–Trinajstić information content (AvgIpc) is 3.26. The number of unbranched alkanes of at least 4 members (excludes halogenated alkanes) is 2. The summed E-state index contributed by atoms with van der Waals surface area (Å²) in [5.41, 5.74) is 0. The summed E-state index contributed by atoms with van der Waals surface area (Å²) in [5.74, 6) is -1.25. The Kier molecular flexibility index (Phi) is 34.2. The zero-order valence-corrected chi connectivity index (χ0v) is 38.2. The van der Waals surface area contributed by atoms with Crippen LogP contribution in [0.2, 0.25) is 0 Å². The van der Waals surface area contributed by atoms with Crippen LogP contribution in [0.1, 0.15) is 117 Å². The van der Waals surface area contributed by atoms with Gasteiger partial charge in [0, 0.05) is 12.8 Å². The molecule has 0 amide bonds. The van der Waals surface area contributed by atoms with Crippen LogP contribution in [0.15, 0.2) is 122 Å². The standard InChI is InChI=1S/C49H75O13P/c1-3-5-7-9-11-13-15-17-19-21-23-25-27-29-31-33-35-37-42(50)59-39-41(40-60-63(57,58)62-49-47(55)45(53)44(52)46(54)48(49)56)61-43(51)38-36-34-32-30-28-26-24-22-20-18-16-14-12-10-8-6-4-2/h5-8,11-14,17-20,23-26,29-32,41,44-49,52-56H,3-4,9-10,15-16,21-22,27-28,33-40H2,1-2H3,(H,57,58)/b7-5-,8-6-,13-11-,14-12-,19-17-,20-18-,25-23-,26-24-,31-29-,32-30-. The predicted octanol–water partition coefficient (Wildman–Crippen LogP) is 8.61. The molecule has 0 aromatic heterocycles. The minimum atomic E-state index is -5.16. The molecular formula is C49H75O13P. The molecule has 6 unspecified atom stereocenters. The van der Waals surface area contributed by atoms with E-state index in [0.717, 1.165) is 64.2 Å². The Morgan fingerprint density at radius 2 is 0.825 bits per heavy atom. The average molecular weight is 903 g/mol. The van der Waals surface area contributed by atoms with E-state index >= 15 is 0 Å². The summed E-state index contributed by atoms with van der Waals surface area (Å²) in [4.78, 5) is 35.6. The van der Waals surface area contributed by atoms with Crippen LogP contribution in [-0.2, 0) is 32.7 Å². The molecule has 14 heteroatoms. The number of allylic oxidation sites excluding steroid dienone is 20. The Hall–Kier alpha value is -3.75. The molecule has 1 fully saturated rings. The van der Waals surface area contributed by atoms with Crippen molar-refractivity contribution in [3.63, 3.8) is 0 Å². The van der Waals surface area contributed by atoms with Crippen molar-refractivity contribution in [2.45, 2.75) is 159 Å². The van der Waals surface area contributed by atoms with Crippen molar-refractivity contribution in [1.82, 2.24) is 0 Å². The molecule has 0 saturated heterocycles. The number of ether oxygens (including phenoxy) is 2. The highest BCUT2D eigenvalue weighted by atomic mass is 31.2. The highest BCUT2D eigenvalue weighted by Crippen LogP contribution is 2.47. The summed E-state index contributed by atoms with van der Waals surface area (Å²) in [6.07, 6.45) is 39.8. The fourth-order valence-electron chi connectivity index (χ4n) is 5.77. The number of carbonyl (C=O) groups excluding carboxylic acids is 2. The van der Waals surface area contributed by atoms with Crippen molar-refractivity contribution in [3.05, 3.63) is 122 Å². The van der Waals surface area contributed by atoms with Crippen LogP contribution in [0, 0.1) is 0 Å². The monoisotopic (exact) mass is 902 g/mol. The third-order valence-corrected chi connectivity index (χ3v) is 10.3. The highest BCUT2D eigenvalue weighted by molar-refractivity contribution is 7.47. The van der Waals surface area contributed by atoms with Gasteiger partial charge in [-0.15, -0.1) is 0 Å². The van der Waals surface area contributed by atoms with E-state index in [2.05, 4.69) is 111 Å². The molecule has 1 rings (SSSR count). The topological polar surface area (TPSA) is 210 Å². The van der Waals surface area contributed by atoms with Gasteiger partial charge in [0.1, 0.15) is 43.2 Å². The quantitative estimate of drug-likeness (QED) is 0.0155. The SMILES string of the molecule is CC/C=C\C/C=C\C/C=C\C/C=C\C/C=C\CCCC(=O)OCC(COP(=O)(O)OC1C(O)C(O)C(O)C(O)C1O)OC(=O)CCC/C=C\C/C=C\C/C=C\C/C=C\C/C=C\CC. The first-order chi connectivity index (χ1) is 30.4. The Morgan fingerprint density at radius 3 is 1.21 bits per heavy atom. The van der Waals surface area contributed by atoms with Gasteiger partial charge < -0.3 is 39.9 Å². The number of phosphoric ester groups is 1. The number of hydrogen-bond acceptors (Lipinski definition) is 12. The zero-order valence-electron chi connectivity index (χ0n) is 37.3. The van der Waals surface area contributed by atoms with Crippen molar-refractivity contribution in [2.75, 3.05) is 13.2 Å². The molecule has 1 saturated carbocycles. The summed E-state index contributed by atoms with van der Waals surface area (Å²) >= 11 is 0. The van der Waals surface area contributed by atoms with Gasteiger partial charge in [-0.1, -0.05) is 135 Å². The van der Waals surface area contributed by atoms with E-state index in [1.54, 1.807) is 0 Å². The lowest BCUT2D eigenvalue weighted by atomic mass is 9.85. The Morgan fingerprint density at radius 1 is 0.492 bits per heavy atom. The van der Waals surface area contributed by atoms with E-state index in [0.29, 0.717) is 25.7 Å². The molecule has 0 radical (unpaired) electrons. The van der Waals surface area contributed by atoms with E-state index in [-0.39, 0.29) is 12.8 Å². The number of carbonyl (C=O) groups is 2. The summed E-state index contributed by atoms with van der Waals surface area (Å²) < 4.78 is 33.4. The molecule has 1 aliphatic carbocycles. The summed E-state index contributed by atoms with van der Waals surface area (Å²) in [7, 11) is -5.16. The number of esters is 2. The number of rotatable bonds is 34. The summed E-state index contributed by atoms with van der Waals surface area (Å²) in [5, 5.41) is 50.1.